The van der Waals surface area contributed by atoms with E-state index in [1.807, 2.05) is 30.0 Å². The second-order valence-electron chi connectivity index (χ2n) is 7.56. The molecule has 29 heavy (non-hydrogen) atoms. The summed E-state index contributed by atoms with van der Waals surface area (Å²) in [5, 5.41) is 6.81. The molecule has 3 heterocycles. The summed E-state index contributed by atoms with van der Waals surface area (Å²) in [7, 11) is 1.79. The number of imidazole rings is 1. The average molecular weight is 513 g/mol. The first-order valence-corrected chi connectivity index (χ1v) is 9.72. The van der Waals surface area contributed by atoms with E-state index in [0.717, 1.165) is 56.0 Å². The summed E-state index contributed by atoms with van der Waals surface area (Å²) in [5.41, 5.74) is 1.13. The molecule has 1 aliphatic heterocycles. The molecular weight excluding hydrogens is 481 g/mol. The van der Waals surface area contributed by atoms with Gasteiger partial charge in [0.05, 0.1) is 13.2 Å². The lowest BCUT2D eigenvalue weighted by Crippen LogP contribution is -2.56. The molecule has 2 aromatic heterocycles. The van der Waals surface area contributed by atoms with Crippen molar-refractivity contribution in [2.45, 2.75) is 32.9 Å². The first kappa shape index (κ1) is 23.6. The lowest BCUT2D eigenvalue weighted by molar-refractivity contribution is -0.00834. The molecule has 2 N–H and O–H groups in total. The minimum atomic E-state index is 0. The molecule has 8 nitrogen and oxygen atoms in total. The van der Waals surface area contributed by atoms with Gasteiger partial charge in [-0.05, 0) is 32.4 Å². The maximum atomic E-state index is 5.46. The van der Waals surface area contributed by atoms with Crippen LogP contribution >= 0.6 is 24.0 Å². The van der Waals surface area contributed by atoms with Crippen LogP contribution in [0.15, 0.2) is 35.7 Å². The third kappa shape index (κ3) is 6.38. The quantitative estimate of drug-likeness (QED) is 0.350. The van der Waals surface area contributed by atoms with Gasteiger partial charge in [-0.25, -0.2) is 9.97 Å². The van der Waals surface area contributed by atoms with Crippen LogP contribution in [-0.2, 0) is 11.3 Å². The van der Waals surface area contributed by atoms with Gasteiger partial charge in [-0.1, -0.05) is 6.07 Å². The zero-order chi connectivity index (χ0) is 20.0. The topological polar surface area (TPSA) is 79.6 Å². The molecule has 0 bridgehead atoms. The van der Waals surface area contributed by atoms with Crippen molar-refractivity contribution in [2.75, 3.05) is 39.9 Å². The van der Waals surface area contributed by atoms with Gasteiger partial charge >= 0.3 is 0 Å². The van der Waals surface area contributed by atoms with Gasteiger partial charge in [0.15, 0.2) is 5.96 Å². The first-order chi connectivity index (χ1) is 13.5. The van der Waals surface area contributed by atoms with Gasteiger partial charge < -0.3 is 15.4 Å². The van der Waals surface area contributed by atoms with Crippen LogP contribution in [-0.4, -0.2) is 70.8 Å². The summed E-state index contributed by atoms with van der Waals surface area (Å²) in [4.78, 5) is 15.6. The minimum absolute atomic E-state index is 0. The van der Waals surface area contributed by atoms with Crippen molar-refractivity contribution in [3.05, 3.63) is 42.1 Å². The Kier molecular flexibility index (Phi) is 8.84. The third-order valence-electron chi connectivity index (χ3n) is 5.12. The van der Waals surface area contributed by atoms with Crippen molar-refractivity contribution in [1.82, 2.24) is 30.1 Å². The zero-order valence-electron chi connectivity index (χ0n) is 17.7. The number of ether oxygens (including phenoxy) is 1. The SMILES string of the molecule is CN=C(NCc1ccc(-n2ccnc2C)nc1)NCC(C)(C)N1CCOCC1.I. The highest BCUT2D eigenvalue weighted by Crippen LogP contribution is 2.15. The molecule has 0 amide bonds. The Balaban J connectivity index is 0.00000300. The van der Waals surface area contributed by atoms with Crippen LogP contribution in [0.3, 0.4) is 0 Å². The van der Waals surface area contributed by atoms with E-state index in [0.29, 0.717) is 6.54 Å². The van der Waals surface area contributed by atoms with Crippen LogP contribution in [0, 0.1) is 6.92 Å². The highest BCUT2D eigenvalue weighted by Gasteiger charge is 2.28. The lowest BCUT2D eigenvalue weighted by atomic mass is 10.0. The average Bonchev–Trinajstić information content (AvgIpc) is 3.15. The second kappa shape index (κ2) is 10.9. The largest absolute Gasteiger partial charge is 0.379 e. The van der Waals surface area contributed by atoms with Gasteiger partial charge in [0, 0.05) is 57.4 Å². The van der Waals surface area contributed by atoms with Crippen molar-refractivity contribution in [3.8, 4) is 5.82 Å². The number of nitrogens with one attached hydrogen (secondary N) is 2. The van der Waals surface area contributed by atoms with Crippen molar-refractivity contribution in [3.63, 3.8) is 0 Å². The summed E-state index contributed by atoms with van der Waals surface area (Å²) in [6.45, 7) is 11.5. The molecule has 0 atom stereocenters. The highest BCUT2D eigenvalue weighted by atomic mass is 127. The minimum Gasteiger partial charge on any atom is -0.379 e. The Labute approximate surface area is 190 Å². The molecular formula is C20H32IN7O. The van der Waals surface area contributed by atoms with Gasteiger partial charge in [0.1, 0.15) is 11.6 Å². The Hall–Kier alpha value is -1.72. The maximum absolute atomic E-state index is 5.46. The molecule has 9 heteroatoms. The van der Waals surface area contributed by atoms with E-state index in [1.54, 1.807) is 13.2 Å². The van der Waals surface area contributed by atoms with E-state index >= 15 is 0 Å². The van der Waals surface area contributed by atoms with E-state index in [2.05, 4.69) is 50.4 Å². The molecule has 0 spiro atoms. The number of nitrogens with zero attached hydrogens (tertiary/aromatic N) is 5. The number of rotatable bonds is 6. The van der Waals surface area contributed by atoms with Crippen molar-refractivity contribution >= 4 is 29.9 Å². The molecule has 0 saturated carbocycles. The standard InChI is InChI=1S/C20H31N7O.HI/c1-16-22-7-8-27(16)18-6-5-17(13-23-18)14-24-19(21-4)25-15-20(2,3)26-9-11-28-12-10-26;/h5-8,13H,9-12,14-15H2,1-4H3,(H2,21,24,25);1H. The summed E-state index contributed by atoms with van der Waals surface area (Å²) >= 11 is 0. The van der Waals surface area contributed by atoms with Crippen molar-refractivity contribution in [2.24, 2.45) is 4.99 Å². The molecule has 1 fully saturated rings. The summed E-state index contributed by atoms with van der Waals surface area (Å²) in [5.74, 6) is 2.58. The van der Waals surface area contributed by atoms with E-state index in [9.17, 15) is 0 Å². The molecule has 3 rings (SSSR count). The smallest absolute Gasteiger partial charge is 0.191 e. The van der Waals surface area contributed by atoms with Crippen molar-refractivity contribution in [1.29, 1.82) is 0 Å². The molecule has 1 saturated heterocycles. The van der Waals surface area contributed by atoms with E-state index in [1.165, 1.54) is 0 Å². The maximum Gasteiger partial charge on any atom is 0.191 e. The number of aliphatic imine (C=N–C) groups is 1. The molecule has 2 aromatic rings. The Morgan fingerprint density at radius 3 is 2.55 bits per heavy atom. The normalized spacial score (nSPS) is 15.7. The molecule has 0 radical (unpaired) electrons. The molecule has 1 aliphatic rings. The van der Waals surface area contributed by atoms with E-state index in [-0.39, 0.29) is 29.5 Å². The monoisotopic (exact) mass is 513 g/mol. The van der Waals surface area contributed by atoms with Gasteiger partial charge in [-0.2, -0.15) is 0 Å². The number of aryl methyl sites for hydroxylation is 1. The Morgan fingerprint density at radius 2 is 1.97 bits per heavy atom. The number of guanidine groups is 1. The van der Waals surface area contributed by atoms with Gasteiger partial charge in [0.25, 0.3) is 0 Å². The summed E-state index contributed by atoms with van der Waals surface area (Å²) < 4.78 is 7.42. The number of aromatic nitrogens is 3. The highest BCUT2D eigenvalue weighted by molar-refractivity contribution is 14.0. The number of hydrogen-bond donors (Lipinski definition) is 2. The molecule has 0 aromatic carbocycles. The fourth-order valence-corrected chi connectivity index (χ4v) is 3.27. The molecule has 0 aliphatic carbocycles. The fraction of sp³-hybridized carbons (Fsp3) is 0.550. The number of hydrogen-bond acceptors (Lipinski definition) is 5. The zero-order valence-corrected chi connectivity index (χ0v) is 20.0. The fourth-order valence-electron chi connectivity index (χ4n) is 3.27. The summed E-state index contributed by atoms with van der Waals surface area (Å²) in [6, 6.07) is 4.07. The predicted octanol–water partition coefficient (Wildman–Crippen LogP) is 1.97. The van der Waals surface area contributed by atoms with Gasteiger partial charge in [0.2, 0.25) is 0 Å². The summed E-state index contributed by atoms with van der Waals surface area (Å²) in [6.07, 6.45) is 5.57. The molecule has 160 valence electrons. The third-order valence-corrected chi connectivity index (χ3v) is 5.12. The second-order valence-corrected chi connectivity index (χ2v) is 7.56. The first-order valence-electron chi connectivity index (χ1n) is 9.72. The van der Waals surface area contributed by atoms with Crippen LogP contribution in [0.2, 0.25) is 0 Å². The van der Waals surface area contributed by atoms with Crippen LogP contribution in [0.1, 0.15) is 25.2 Å². The van der Waals surface area contributed by atoms with Crippen LogP contribution < -0.4 is 10.6 Å². The number of morpholine rings is 1. The molecule has 0 unspecified atom stereocenters. The van der Waals surface area contributed by atoms with Crippen LogP contribution in [0.25, 0.3) is 5.82 Å². The number of pyridine rings is 1. The number of halogens is 1. The van der Waals surface area contributed by atoms with E-state index in [4.69, 9.17) is 4.74 Å². The van der Waals surface area contributed by atoms with E-state index < -0.39 is 0 Å². The van der Waals surface area contributed by atoms with Gasteiger partial charge in [-0.15, -0.1) is 24.0 Å². The van der Waals surface area contributed by atoms with Crippen LogP contribution in [0.5, 0.6) is 0 Å². The van der Waals surface area contributed by atoms with Gasteiger partial charge in [-0.3, -0.25) is 14.5 Å². The Morgan fingerprint density at radius 1 is 1.21 bits per heavy atom. The van der Waals surface area contributed by atoms with Crippen molar-refractivity contribution < 1.29 is 4.74 Å². The Bertz CT molecular complexity index is 782. The van der Waals surface area contributed by atoms with Crippen LogP contribution in [0.4, 0.5) is 0 Å². The lowest BCUT2D eigenvalue weighted by Gasteiger charge is -2.41. The predicted molar refractivity (Wildman–Crippen MR) is 126 cm³/mol.